The average molecular weight is 316 g/mol. The highest BCUT2D eigenvalue weighted by molar-refractivity contribution is 6.03. The third-order valence-electron chi connectivity index (χ3n) is 4.44. The maximum atomic E-state index is 13.2. The molecule has 1 unspecified atom stereocenters. The zero-order valence-corrected chi connectivity index (χ0v) is 13.9. The van der Waals surface area contributed by atoms with Crippen molar-refractivity contribution in [3.63, 3.8) is 0 Å². The number of hydrogen-bond donors (Lipinski definition) is 1. The van der Waals surface area contributed by atoms with Crippen LogP contribution in [0.3, 0.4) is 0 Å². The highest BCUT2D eigenvalue weighted by Crippen LogP contribution is 2.35. The van der Waals surface area contributed by atoms with Crippen LogP contribution in [-0.4, -0.2) is 10.9 Å². The first-order valence-electron chi connectivity index (χ1n) is 8.03. The van der Waals surface area contributed by atoms with E-state index in [1.165, 1.54) is 0 Å². The molecule has 0 aromatic heterocycles. The monoisotopic (exact) mass is 316 g/mol. The number of phenolic OH excluding ortho intramolecular Hbond substituents is 1. The lowest BCUT2D eigenvalue weighted by molar-refractivity contribution is 0.0973. The Morgan fingerprint density at radius 2 is 1.42 bits per heavy atom. The number of rotatable bonds is 4. The van der Waals surface area contributed by atoms with Crippen LogP contribution in [-0.2, 0) is 0 Å². The summed E-state index contributed by atoms with van der Waals surface area (Å²) in [6.07, 6.45) is 0. The number of aromatic hydroxyl groups is 1. The Balaban J connectivity index is 2.17. The van der Waals surface area contributed by atoms with Crippen molar-refractivity contribution in [3.05, 3.63) is 101 Å². The molecule has 0 bridgehead atoms. The van der Waals surface area contributed by atoms with Crippen molar-refractivity contribution >= 4 is 5.78 Å². The number of carbonyl (C=O) groups is 1. The molecule has 120 valence electrons. The summed E-state index contributed by atoms with van der Waals surface area (Å²) in [6.45, 7) is 3.73. The molecule has 0 spiro atoms. The summed E-state index contributed by atoms with van der Waals surface area (Å²) in [5.41, 5.74) is 4.02. The van der Waals surface area contributed by atoms with Crippen LogP contribution in [0.15, 0.2) is 72.8 Å². The van der Waals surface area contributed by atoms with E-state index in [9.17, 15) is 9.90 Å². The summed E-state index contributed by atoms with van der Waals surface area (Å²) >= 11 is 0. The third kappa shape index (κ3) is 2.95. The molecular weight excluding hydrogens is 296 g/mol. The van der Waals surface area contributed by atoms with Crippen LogP contribution in [0.1, 0.15) is 38.5 Å². The zero-order valence-electron chi connectivity index (χ0n) is 13.9. The predicted molar refractivity (Wildman–Crippen MR) is 96.6 cm³/mol. The van der Waals surface area contributed by atoms with Gasteiger partial charge in [0.25, 0.3) is 0 Å². The molecule has 3 aromatic carbocycles. The van der Waals surface area contributed by atoms with Crippen LogP contribution >= 0.6 is 0 Å². The number of hydrogen-bond acceptors (Lipinski definition) is 2. The Kier molecular flexibility index (Phi) is 4.48. The molecule has 0 amide bonds. The third-order valence-corrected chi connectivity index (χ3v) is 4.44. The Bertz CT molecular complexity index is 852. The number of aryl methyl sites for hydroxylation is 1. The van der Waals surface area contributed by atoms with Gasteiger partial charge in [-0.05, 0) is 36.1 Å². The fourth-order valence-electron chi connectivity index (χ4n) is 3.05. The SMILES string of the molecule is Cc1ccc(C(C(=O)c2ccccc2)c2ccccc2)c(C)c1O. The summed E-state index contributed by atoms with van der Waals surface area (Å²) in [5.74, 6) is -0.137. The second kappa shape index (κ2) is 6.71. The predicted octanol–water partition coefficient (Wildman–Crippen LogP) is 5.02. The highest BCUT2D eigenvalue weighted by Gasteiger charge is 2.26. The van der Waals surface area contributed by atoms with Crippen LogP contribution in [0, 0.1) is 13.8 Å². The quantitative estimate of drug-likeness (QED) is 0.686. The van der Waals surface area contributed by atoms with Crippen molar-refractivity contribution < 1.29 is 9.90 Å². The normalized spacial score (nSPS) is 11.9. The number of benzene rings is 3. The summed E-state index contributed by atoms with van der Waals surface area (Å²) in [7, 11) is 0. The molecule has 24 heavy (non-hydrogen) atoms. The van der Waals surface area contributed by atoms with Gasteiger partial charge in [-0.3, -0.25) is 4.79 Å². The van der Waals surface area contributed by atoms with Gasteiger partial charge < -0.3 is 5.11 Å². The number of ketones is 1. The van der Waals surface area contributed by atoms with E-state index in [-0.39, 0.29) is 11.5 Å². The van der Waals surface area contributed by atoms with E-state index in [2.05, 4.69) is 0 Å². The van der Waals surface area contributed by atoms with Crippen LogP contribution in [0.4, 0.5) is 0 Å². The second-order valence-electron chi connectivity index (χ2n) is 6.02. The van der Waals surface area contributed by atoms with Crippen molar-refractivity contribution in [1.29, 1.82) is 0 Å². The van der Waals surface area contributed by atoms with Crippen LogP contribution < -0.4 is 0 Å². The van der Waals surface area contributed by atoms with Crippen LogP contribution in [0.2, 0.25) is 0 Å². The molecule has 1 N–H and O–H groups in total. The number of phenols is 1. The van der Waals surface area contributed by atoms with Crippen molar-refractivity contribution in [3.8, 4) is 5.75 Å². The van der Waals surface area contributed by atoms with Gasteiger partial charge in [-0.2, -0.15) is 0 Å². The standard InChI is InChI=1S/C22H20O2/c1-15-13-14-19(16(2)21(15)23)20(17-9-5-3-6-10-17)22(24)18-11-7-4-8-12-18/h3-14,20,23H,1-2H3. The molecule has 0 heterocycles. The van der Waals surface area contributed by atoms with Gasteiger partial charge >= 0.3 is 0 Å². The van der Waals surface area contributed by atoms with Gasteiger partial charge in [0.15, 0.2) is 5.78 Å². The minimum absolute atomic E-state index is 0.0353. The molecule has 0 fully saturated rings. The molecule has 0 aliphatic carbocycles. The summed E-state index contributed by atoms with van der Waals surface area (Å²) in [4.78, 5) is 13.2. The molecule has 3 aromatic rings. The van der Waals surface area contributed by atoms with Crippen molar-refractivity contribution in [2.75, 3.05) is 0 Å². The van der Waals surface area contributed by atoms with Gasteiger partial charge in [0.05, 0.1) is 5.92 Å². The zero-order chi connectivity index (χ0) is 17.1. The van der Waals surface area contributed by atoms with Crippen LogP contribution in [0.5, 0.6) is 5.75 Å². The molecule has 0 aliphatic heterocycles. The Labute approximate surface area is 142 Å². The van der Waals surface area contributed by atoms with E-state index in [0.717, 1.165) is 22.3 Å². The smallest absolute Gasteiger partial charge is 0.174 e. The summed E-state index contributed by atoms with van der Waals surface area (Å²) in [5, 5.41) is 10.3. The minimum atomic E-state index is -0.430. The topological polar surface area (TPSA) is 37.3 Å². The Morgan fingerprint density at radius 3 is 2.04 bits per heavy atom. The first kappa shape index (κ1) is 16.0. The summed E-state index contributed by atoms with van der Waals surface area (Å²) in [6, 6.07) is 22.9. The second-order valence-corrected chi connectivity index (χ2v) is 6.02. The average Bonchev–Trinajstić information content (AvgIpc) is 2.63. The first-order chi connectivity index (χ1) is 11.6. The Morgan fingerprint density at radius 1 is 0.833 bits per heavy atom. The van der Waals surface area contributed by atoms with Gasteiger partial charge in [-0.15, -0.1) is 0 Å². The van der Waals surface area contributed by atoms with E-state index in [1.807, 2.05) is 86.6 Å². The van der Waals surface area contributed by atoms with Gasteiger partial charge in [0.1, 0.15) is 5.75 Å². The maximum Gasteiger partial charge on any atom is 0.174 e. The molecule has 0 aliphatic rings. The fraction of sp³-hybridized carbons (Fsp3) is 0.136. The van der Waals surface area contributed by atoms with E-state index in [1.54, 1.807) is 0 Å². The van der Waals surface area contributed by atoms with Crippen molar-refractivity contribution in [2.24, 2.45) is 0 Å². The van der Waals surface area contributed by atoms with Gasteiger partial charge in [0.2, 0.25) is 0 Å². The fourth-order valence-corrected chi connectivity index (χ4v) is 3.05. The number of Topliss-reactive ketones (excluding diaryl/α,β-unsaturated/α-hetero) is 1. The molecule has 1 atom stereocenters. The Hall–Kier alpha value is -2.87. The van der Waals surface area contributed by atoms with E-state index >= 15 is 0 Å². The van der Waals surface area contributed by atoms with Crippen LogP contribution in [0.25, 0.3) is 0 Å². The molecule has 2 heteroatoms. The highest BCUT2D eigenvalue weighted by atomic mass is 16.3. The van der Waals surface area contributed by atoms with Gasteiger partial charge in [0, 0.05) is 5.56 Å². The minimum Gasteiger partial charge on any atom is -0.507 e. The van der Waals surface area contributed by atoms with Crippen molar-refractivity contribution in [2.45, 2.75) is 19.8 Å². The van der Waals surface area contributed by atoms with Gasteiger partial charge in [-0.1, -0.05) is 72.8 Å². The van der Waals surface area contributed by atoms with E-state index in [0.29, 0.717) is 5.56 Å². The largest absolute Gasteiger partial charge is 0.507 e. The lowest BCUT2D eigenvalue weighted by Crippen LogP contribution is -2.16. The molecule has 2 nitrogen and oxygen atoms in total. The maximum absolute atomic E-state index is 13.2. The number of carbonyl (C=O) groups excluding carboxylic acids is 1. The van der Waals surface area contributed by atoms with E-state index < -0.39 is 5.92 Å². The molecule has 0 radical (unpaired) electrons. The molecule has 0 saturated heterocycles. The lowest BCUT2D eigenvalue weighted by Gasteiger charge is -2.20. The first-order valence-corrected chi connectivity index (χ1v) is 8.03. The molecule has 0 saturated carbocycles. The summed E-state index contributed by atoms with van der Waals surface area (Å²) < 4.78 is 0. The molecular formula is C22H20O2. The van der Waals surface area contributed by atoms with E-state index in [4.69, 9.17) is 0 Å². The van der Waals surface area contributed by atoms with Gasteiger partial charge in [-0.25, -0.2) is 0 Å². The van der Waals surface area contributed by atoms with Crippen molar-refractivity contribution in [1.82, 2.24) is 0 Å². The lowest BCUT2D eigenvalue weighted by atomic mass is 9.82. The molecule has 3 rings (SSSR count).